The Balaban J connectivity index is 4.20. The van der Waals surface area contributed by atoms with E-state index in [2.05, 4.69) is 19.2 Å². The van der Waals surface area contributed by atoms with Gasteiger partial charge in [-0.25, -0.2) is 0 Å². The number of aliphatic hydroxyl groups is 1. The number of hydrogen-bond acceptors (Lipinski definition) is 6. The van der Waals surface area contributed by atoms with Crippen molar-refractivity contribution in [3.63, 3.8) is 0 Å². The molecule has 2 N–H and O–H groups in total. The second-order valence-electron chi connectivity index (χ2n) is 15.7. The Bertz CT molecular complexity index is 778. The molecule has 0 bridgehead atoms. The van der Waals surface area contributed by atoms with Crippen LogP contribution in [0.4, 0.5) is 0 Å². The number of nitrogens with one attached hydrogen (secondary N) is 1. The molecule has 0 radical (unpaired) electrons. The molecular weight excluding hydrogens is 635 g/mol. The molecule has 0 aliphatic rings. The molecule has 0 aliphatic carbocycles. The molecule has 0 rings (SSSR count). The van der Waals surface area contributed by atoms with Crippen molar-refractivity contribution in [2.24, 2.45) is 0 Å². The van der Waals surface area contributed by atoms with Crippen LogP contribution in [0.3, 0.4) is 0 Å². The van der Waals surface area contributed by atoms with Gasteiger partial charge in [0.25, 0.3) is 7.82 Å². The Morgan fingerprint density at radius 2 is 1.00 bits per heavy atom. The monoisotopic (exact) mass is 719 g/mol. The summed E-state index contributed by atoms with van der Waals surface area (Å²) in [5, 5.41) is 13.8. The van der Waals surface area contributed by atoms with Crippen LogP contribution in [0.15, 0.2) is 0 Å². The summed E-state index contributed by atoms with van der Waals surface area (Å²) in [6, 6.07) is -0.790. The molecule has 8 nitrogen and oxygen atoms in total. The fourth-order valence-electron chi connectivity index (χ4n) is 6.22. The van der Waals surface area contributed by atoms with E-state index in [0.717, 1.165) is 38.5 Å². The van der Waals surface area contributed by atoms with E-state index in [9.17, 15) is 19.4 Å². The number of unbranched alkanes of at least 4 members (excludes halogenated alkanes) is 25. The zero-order chi connectivity index (χ0) is 36.5. The van der Waals surface area contributed by atoms with Gasteiger partial charge in [-0.1, -0.05) is 181 Å². The molecule has 1 amide bonds. The zero-order valence-corrected chi connectivity index (χ0v) is 34.1. The van der Waals surface area contributed by atoms with Crippen LogP contribution in [0.1, 0.15) is 200 Å². The summed E-state index contributed by atoms with van der Waals surface area (Å²) >= 11 is 0. The van der Waals surface area contributed by atoms with Crippen molar-refractivity contribution < 1.29 is 32.9 Å². The molecule has 3 atom stereocenters. The van der Waals surface area contributed by atoms with Crippen molar-refractivity contribution in [1.82, 2.24) is 5.32 Å². The summed E-state index contributed by atoms with van der Waals surface area (Å²) in [6.45, 7) is 4.68. The van der Waals surface area contributed by atoms with Crippen LogP contribution in [0.2, 0.25) is 0 Å². The maximum Gasteiger partial charge on any atom is 0.268 e. The highest BCUT2D eigenvalue weighted by Gasteiger charge is 2.24. The first-order chi connectivity index (χ1) is 23.5. The Morgan fingerprint density at radius 1 is 0.633 bits per heavy atom. The number of likely N-dealkylation sites (N-methyl/N-ethyl adjacent to an activating group) is 1. The quantitative estimate of drug-likeness (QED) is 0.0374. The molecule has 0 saturated carbocycles. The summed E-state index contributed by atoms with van der Waals surface area (Å²) in [6.07, 6.45) is 34.1. The van der Waals surface area contributed by atoms with Crippen LogP contribution >= 0.6 is 7.82 Å². The maximum absolute atomic E-state index is 12.7. The van der Waals surface area contributed by atoms with Crippen LogP contribution < -0.4 is 10.2 Å². The first-order valence-corrected chi connectivity index (χ1v) is 22.3. The third-order valence-corrected chi connectivity index (χ3v) is 10.6. The van der Waals surface area contributed by atoms with Gasteiger partial charge in [-0.15, -0.1) is 0 Å². The second-order valence-corrected chi connectivity index (χ2v) is 17.1. The number of hydrogen-bond donors (Lipinski definition) is 2. The molecule has 49 heavy (non-hydrogen) atoms. The SMILES string of the molecule is CCCCCCCCCCCCCCCCCCCCCCC(O)C(COP(=O)([O-])OCC[N+](C)(C)C)NC(=O)CCCCCCCCC. The van der Waals surface area contributed by atoms with Gasteiger partial charge in [-0.2, -0.15) is 0 Å². The predicted octanol–water partition coefficient (Wildman–Crippen LogP) is 10.4. The summed E-state index contributed by atoms with van der Waals surface area (Å²) in [5.74, 6) is -0.170. The molecule has 9 heteroatoms. The van der Waals surface area contributed by atoms with Crippen molar-refractivity contribution in [3.8, 4) is 0 Å². The van der Waals surface area contributed by atoms with Crippen LogP contribution in [0, 0.1) is 0 Å². The van der Waals surface area contributed by atoms with E-state index in [-0.39, 0.29) is 19.1 Å². The average molecular weight is 719 g/mol. The molecule has 0 saturated heterocycles. The summed E-state index contributed by atoms with van der Waals surface area (Å²) < 4.78 is 23.1. The molecule has 0 aliphatic heterocycles. The van der Waals surface area contributed by atoms with Gasteiger partial charge in [0.1, 0.15) is 13.2 Å². The summed E-state index contributed by atoms with van der Waals surface area (Å²) in [4.78, 5) is 25.1. The molecule has 0 aromatic rings. The topological polar surface area (TPSA) is 108 Å². The minimum atomic E-state index is -4.55. The molecule has 0 spiro atoms. The van der Waals surface area contributed by atoms with Gasteiger partial charge in [0.2, 0.25) is 5.91 Å². The Labute approximate surface area is 304 Å². The van der Waals surface area contributed by atoms with Crippen molar-refractivity contribution in [1.29, 1.82) is 0 Å². The lowest BCUT2D eigenvalue weighted by molar-refractivity contribution is -0.870. The van der Waals surface area contributed by atoms with Gasteiger partial charge in [-0.3, -0.25) is 9.36 Å². The minimum Gasteiger partial charge on any atom is -0.756 e. The smallest absolute Gasteiger partial charge is 0.268 e. The highest BCUT2D eigenvalue weighted by Crippen LogP contribution is 2.38. The van der Waals surface area contributed by atoms with Crippen LogP contribution in [0.25, 0.3) is 0 Å². The van der Waals surface area contributed by atoms with Crippen LogP contribution in [-0.4, -0.2) is 68.5 Å². The third kappa shape index (κ3) is 35.7. The van der Waals surface area contributed by atoms with E-state index >= 15 is 0 Å². The zero-order valence-electron chi connectivity index (χ0n) is 33.2. The number of carbonyl (C=O) groups excluding carboxylic acids is 1. The van der Waals surface area contributed by atoms with Crippen LogP contribution in [-0.2, 0) is 18.4 Å². The number of phosphoric ester groups is 1. The van der Waals surface area contributed by atoms with Crippen molar-refractivity contribution in [2.45, 2.75) is 212 Å². The molecule has 0 aromatic carbocycles. The minimum absolute atomic E-state index is 0.0154. The highest BCUT2D eigenvalue weighted by molar-refractivity contribution is 7.45. The number of aliphatic hydroxyl groups excluding tert-OH is 1. The number of quaternary nitrogens is 1. The number of amides is 1. The summed E-state index contributed by atoms with van der Waals surface area (Å²) in [7, 11) is 1.31. The first kappa shape index (κ1) is 48.5. The highest BCUT2D eigenvalue weighted by atomic mass is 31.2. The third-order valence-electron chi connectivity index (χ3n) is 9.60. The first-order valence-electron chi connectivity index (χ1n) is 20.9. The van der Waals surface area contributed by atoms with Crippen molar-refractivity contribution in [2.75, 3.05) is 40.9 Å². The Morgan fingerprint density at radius 3 is 1.39 bits per heavy atom. The number of rotatable bonds is 38. The molecule has 294 valence electrons. The molecular formula is C40H83N2O6P. The Kier molecular flexibility index (Phi) is 33.0. The Hall–Kier alpha value is -0.500. The van der Waals surface area contributed by atoms with E-state index in [0.29, 0.717) is 23.9 Å². The molecule has 0 aromatic heterocycles. The van der Waals surface area contributed by atoms with Gasteiger partial charge in [0, 0.05) is 6.42 Å². The fraction of sp³-hybridized carbons (Fsp3) is 0.975. The van der Waals surface area contributed by atoms with Crippen molar-refractivity contribution >= 4 is 13.7 Å². The van der Waals surface area contributed by atoms with E-state index in [1.54, 1.807) is 0 Å². The van der Waals surface area contributed by atoms with Gasteiger partial charge in [-0.05, 0) is 12.8 Å². The van der Waals surface area contributed by atoms with E-state index in [1.807, 2.05) is 21.1 Å². The van der Waals surface area contributed by atoms with Gasteiger partial charge in [0.15, 0.2) is 0 Å². The molecule has 0 fully saturated rings. The van der Waals surface area contributed by atoms with Gasteiger partial charge in [0.05, 0.1) is 39.9 Å². The standard InChI is InChI=1S/C40H83N2O6P/c1-6-8-10-12-14-15-16-17-18-19-20-21-22-23-24-25-26-28-29-31-33-39(43)38(37-48-49(45,46)47-36-35-42(3,4)5)41-40(44)34-32-30-27-13-11-9-7-2/h38-39,43H,6-37H2,1-5H3,(H-,41,44,45,46). The van der Waals surface area contributed by atoms with E-state index in [4.69, 9.17) is 9.05 Å². The number of carbonyl (C=O) groups is 1. The lowest BCUT2D eigenvalue weighted by Crippen LogP contribution is -2.46. The second kappa shape index (κ2) is 33.3. The van der Waals surface area contributed by atoms with Gasteiger partial charge >= 0.3 is 0 Å². The number of phosphoric acid groups is 1. The largest absolute Gasteiger partial charge is 0.756 e. The molecule has 0 heterocycles. The molecule has 3 unspecified atom stereocenters. The summed E-state index contributed by atoms with van der Waals surface area (Å²) in [5.41, 5.74) is 0. The maximum atomic E-state index is 12.7. The van der Waals surface area contributed by atoms with Crippen molar-refractivity contribution in [3.05, 3.63) is 0 Å². The normalized spacial score (nSPS) is 14.5. The predicted molar refractivity (Wildman–Crippen MR) is 206 cm³/mol. The lowest BCUT2D eigenvalue weighted by Gasteiger charge is -2.30. The van der Waals surface area contributed by atoms with Crippen LogP contribution in [0.5, 0.6) is 0 Å². The van der Waals surface area contributed by atoms with E-state index in [1.165, 1.54) is 135 Å². The average Bonchev–Trinajstić information content (AvgIpc) is 3.04. The number of nitrogens with zero attached hydrogens (tertiary/aromatic N) is 1. The lowest BCUT2D eigenvalue weighted by atomic mass is 10.0. The van der Waals surface area contributed by atoms with Gasteiger partial charge < -0.3 is 28.8 Å². The fourth-order valence-corrected chi connectivity index (χ4v) is 6.94. The van der Waals surface area contributed by atoms with E-state index < -0.39 is 20.0 Å².